The molecule has 114 valence electrons. The molecule has 2 heterocycles. The van der Waals surface area contributed by atoms with Gasteiger partial charge in [0.15, 0.2) is 0 Å². The summed E-state index contributed by atoms with van der Waals surface area (Å²) in [5, 5.41) is 8.13. The molecule has 0 saturated carbocycles. The summed E-state index contributed by atoms with van der Waals surface area (Å²) in [6, 6.07) is 1.13. The van der Waals surface area contributed by atoms with Crippen LogP contribution in [0.25, 0.3) is 0 Å². The Kier molecular flexibility index (Phi) is 5.61. The van der Waals surface area contributed by atoms with Gasteiger partial charge in [0, 0.05) is 37.4 Å². The first-order chi connectivity index (χ1) is 9.61. The van der Waals surface area contributed by atoms with Crippen molar-refractivity contribution in [1.29, 1.82) is 0 Å². The van der Waals surface area contributed by atoms with E-state index in [4.69, 9.17) is 0 Å². The normalized spacial score (nSPS) is 20.8. The second kappa shape index (κ2) is 7.23. The Balaban J connectivity index is 2.05. The summed E-state index contributed by atoms with van der Waals surface area (Å²) >= 11 is 0. The molecule has 1 aliphatic rings. The van der Waals surface area contributed by atoms with E-state index in [1.165, 1.54) is 50.0 Å². The van der Waals surface area contributed by atoms with Crippen LogP contribution in [0.15, 0.2) is 6.20 Å². The van der Waals surface area contributed by atoms with E-state index in [1.807, 2.05) is 11.7 Å². The number of hydrogen-bond acceptors (Lipinski definition) is 3. The molecule has 0 radical (unpaired) electrons. The minimum atomic E-state index is 0.456. The van der Waals surface area contributed by atoms with Crippen molar-refractivity contribution >= 4 is 0 Å². The second-order valence-electron chi connectivity index (χ2n) is 6.16. The van der Waals surface area contributed by atoms with Crippen LogP contribution in [-0.2, 0) is 7.05 Å². The Bertz CT molecular complexity index is 407. The van der Waals surface area contributed by atoms with Crippen LogP contribution < -0.4 is 5.32 Å². The van der Waals surface area contributed by atoms with Crippen LogP contribution in [0.1, 0.15) is 56.8 Å². The van der Waals surface area contributed by atoms with Crippen LogP contribution in [0, 0.1) is 6.92 Å². The first kappa shape index (κ1) is 15.5. The monoisotopic (exact) mass is 278 g/mol. The maximum Gasteiger partial charge on any atom is 0.0641 e. The van der Waals surface area contributed by atoms with Crippen molar-refractivity contribution in [3.8, 4) is 0 Å². The number of hydrogen-bond donors (Lipinski definition) is 1. The molecular weight excluding hydrogens is 248 g/mol. The number of unbranched alkanes of at least 4 members (excludes halogenated alkanes) is 1. The summed E-state index contributed by atoms with van der Waals surface area (Å²) in [6.45, 7) is 10.3. The fourth-order valence-electron chi connectivity index (χ4n) is 3.22. The zero-order chi connectivity index (χ0) is 14.5. The number of aromatic nitrogens is 2. The van der Waals surface area contributed by atoms with Gasteiger partial charge in [0.25, 0.3) is 0 Å². The van der Waals surface area contributed by atoms with Crippen LogP contribution >= 0.6 is 0 Å². The maximum absolute atomic E-state index is 4.50. The highest BCUT2D eigenvalue weighted by Crippen LogP contribution is 2.24. The van der Waals surface area contributed by atoms with E-state index in [0.29, 0.717) is 12.1 Å². The highest BCUT2D eigenvalue weighted by atomic mass is 15.3. The Labute approximate surface area is 123 Å². The van der Waals surface area contributed by atoms with Crippen LogP contribution in [0.3, 0.4) is 0 Å². The summed E-state index contributed by atoms with van der Waals surface area (Å²) in [5.41, 5.74) is 2.54. The van der Waals surface area contributed by atoms with Gasteiger partial charge in [-0.1, -0.05) is 13.3 Å². The lowest BCUT2D eigenvalue weighted by molar-refractivity contribution is 0.189. The fraction of sp³-hybridized carbons (Fsp3) is 0.812. The minimum absolute atomic E-state index is 0.456. The van der Waals surface area contributed by atoms with Gasteiger partial charge in [0.1, 0.15) is 0 Å². The molecule has 0 amide bonds. The molecular formula is C16H30N4. The quantitative estimate of drug-likeness (QED) is 0.832. The molecule has 2 rings (SSSR count). The number of nitrogens with zero attached hydrogens (tertiary/aromatic N) is 3. The number of rotatable bonds is 7. The van der Waals surface area contributed by atoms with E-state index in [-0.39, 0.29) is 0 Å². The standard InChI is InChI=1S/C16H30N4/c1-5-6-10-20(11-15-8-7-9-17-15)14(3)16-12-19(4)18-13(16)2/h12,14-15,17H,5-11H2,1-4H3. The molecule has 2 atom stereocenters. The van der Waals surface area contributed by atoms with Gasteiger partial charge < -0.3 is 5.32 Å². The number of nitrogens with one attached hydrogen (secondary N) is 1. The zero-order valence-corrected chi connectivity index (χ0v) is 13.5. The Morgan fingerprint density at radius 1 is 1.55 bits per heavy atom. The third-order valence-electron chi connectivity index (χ3n) is 4.47. The van der Waals surface area contributed by atoms with Crippen molar-refractivity contribution in [2.45, 2.75) is 58.5 Å². The van der Waals surface area contributed by atoms with Gasteiger partial charge in [-0.3, -0.25) is 9.58 Å². The molecule has 20 heavy (non-hydrogen) atoms. The summed E-state index contributed by atoms with van der Waals surface area (Å²) in [4.78, 5) is 2.64. The van der Waals surface area contributed by atoms with Gasteiger partial charge in [-0.25, -0.2) is 0 Å². The lowest BCUT2D eigenvalue weighted by Gasteiger charge is -2.31. The highest BCUT2D eigenvalue weighted by Gasteiger charge is 2.23. The van der Waals surface area contributed by atoms with Crippen molar-refractivity contribution < 1.29 is 0 Å². The average molecular weight is 278 g/mol. The van der Waals surface area contributed by atoms with Gasteiger partial charge in [-0.2, -0.15) is 5.10 Å². The van der Waals surface area contributed by atoms with Crippen molar-refractivity contribution in [2.75, 3.05) is 19.6 Å². The molecule has 1 fully saturated rings. The van der Waals surface area contributed by atoms with Gasteiger partial charge in [0.05, 0.1) is 5.69 Å². The highest BCUT2D eigenvalue weighted by molar-refractivity contribution is 5.19. The molecule has 0 bridgehead atoms. The van der Waals surface area contributed by atoms with Gasteiger partial charge in [-0.15, -0.1) is 0 Å². The molecule has 1 N–H and O–H groups in total. The molecule has 1 aliphatic heterocycles. The molecule has 4 nitrogen and oxygen atoms in total. The van der Waals surface area contributed by atoms with E-state index >= 15 is 0 Å². The maximum atomic E-state index is 4.50. The summed E-state index contributed by atoms with van der Waals surface area (Å²) in [6.07, 6.45) is 7.36. The molecule has 0 aromatic carbocycles. The lowest BCUT2D eigenvalue weighted by atomic mass is 10.1. The zero-order valence-electron chi connectivity index (χ0n) is 13.5. The second-order valence-corrected chi connectivity index (χ2v) is 6.16. The first-order valence-electron chi connectivity index (χ1n) is 8.09. The fourth-order valence-corrected chi connectivity index (χ4v) is 3.22. The van der Waals surface area contributed by atoms with Crippen molar-refractivity contribution in [1.82, 2.24) is 20.0 Å². The van der Waals surface area contributed by atoms with E-state index < -0.39 is 0 Å². The van der Waals surface area contributed by atoms with Crippen LogP contribution in [0.4, 0.5) is 0 Å². The Morgan fingerprint density at radius 2 is 2.35 bits per heavy atom. The molecule has 1 aromatic rings. The number of aryl methyl sites for hydroxylation is 2. The Hall–Kier alpha value is -0.870. The van der Waals surface area contributed by atoms with E-state index in [2.05, 4.69) is 42.3 Å². The van der Waals surface area contributed by atoms with Gasteiger partial charge in [-0.05, 0) is 46.2 Å². The summed E-state index contributed by atoms with van der Waals surface area (Å²) < 4.78 is 1.94. The SMILES string of the molecule is CCCCN(CC1CCCN1)C(C)c1cn(C)nc1C. The average Bonchev–Trinajstić information content (AvgIpc) is 3.03. The van der Waals surface area contributed by atoms with Gasteiger partial charge >= 0.3 is 0 Å². The molecule has 0 aliphatic carbocycles. The van der Waals surface area contributed by atoms with Crippen LogP contribution in [0.5, 0.6) is 0 Å². The van der Waals surface area contributed by atoms with Crippen molar-refractivity contribution in [2.24, 2.45) is 7.05 Å². The van der Waals surface area contributed by atoms with E-state index in [0.717, 1.165) is 6.54 Å². The molecule has 0 spiro atoms. The van der Waals surface area contributed by atoms with Crippen molar-refractivity contribution in [3.05, 3.63) is 17.5 Å². The molecule has 2 unspecified atom stereocenters. The lowest BCUT2D eigenvalue weighted by Crippen LogP contribution is -2.39. The van der Waals surface area contributed by atoms with E-state index in [9.17, 15) is 0 Å². The minimum Gasteiger partial charge on any atom is -0.313 e. The van der Waals surface area contributed by atoms with Crippen molar-refractivity contribution in [3.63, 3.8) is 0 Å². The summed E-state index contributed by atoms with van der Waals surface area (Å²) in [5.74, 6) is 0. The largest absolute Gasteiger partial charge is 0.313 e. The van der Waals surface area contributed by atoms with Gasteiger partial charge in [0.2, 0.25) is 0 Å². The molecule has 1 saturated heterocycles. The smallest absolute Gasteiger partial charge is 0.0641 e. The predicted octanol–water partition coefficient (Wildman–Crippen LogP) is 2.64. The molecule has 1 aromatic heterocycles. The Morgan fingerprint density at radius 3 is 2.90 bits per heavy atom. The predicted molar refractivity (Wildman–Crippen MR) is 83.9 cm³/mol. The third-order valence-corrected chi connectivity index (χ3v) is 4.47. The van der Waals surface area contributed by atoms with Crippen LogP contribution in [-0.4, -0.2) is 40.4 Å². The molecule has 4 heteroatoms. The van der Waals surface area contributed by atoms with Crippen LogP contribution in [0.2, 0.25) is 0 Å². The first-order valence-corrected chi connectivity index (χ1v) is 8.09. The topological polar surface area (TPSA) is 33.1 Å². The van der Waals surface area contributed by atoms with E-state index in [1.54, 1.807) is 0 Å². The summed E-state index contributed by atoms with van der Waals surface area (Å²) in [7, 11) is 2.01. The third kappa shape index (κ3) is 3.83.